The summed E-state index contributed by atoms with van der Waals surface area (Å²) in [6, 6.07) is 9.14. The fourth-order valence-electron chi connectivity index (χ4n) is 1.88. The van der Waals surface area contributed by atoms with E-state index in [1.165, 1.54) is 4.90 Å². The van der Waals surface area contributed by atoms with Gasteiger partial charge in [-0.25, -0.2) is 9.88 Å². The van der Waals surface area contributed by atoms with Gasteiger partial charge in [0, 0.05) is 6.20 Å². The number of hydrogen-bond donors (Lipinski definition) is 2. The number of para-hydroxylation sites is 1. The molecule has 3 aromatic rings. The van der Waals surface area contributed by atoms with Gasteiger partial charge in [-0.3, -0.25) is 9.89 Å². The van der Waals surface area contributed by atoms with Gasteiger partial charge in [0.2, 0.25) is 11.9 Å². The zero-order valence-corrected chi connectivity index (χ0v) is 10.5. The fourth-order valence-corrected chi connectivity index (χ4v) is 1.88. The Morgan fingerprint density at radius 3 is 2.80 bits per heavy atom. The van der Waals surface area contributed by atoms with Crippen LogP contribution in [0.15, 0.2) is 42.7 Å². The number of nitrogens with zero attached hydrogens (tertiary/aromatic N) is 4. The summed E-state index contributed by atoms with van der Waals surface area (Å²) in [7, 11) is 0. The van der Waals surface area contributed by atoms with Crippen LogP contribution in [0.5, 0.6) is 0 Å². The number of carbonyl (C=O) groups excluding carboxylic acids is 1. The maximum absolute atomic E-state index is 12.1. The Hall–Kier alpha value is -2.80. The summed E-state index contributed by atoms with van der Waals surface area (Å²) in [4.78, 5) is 22.0. The second kappa shape index (κ2) is 5.06. The van der Waals surface area contributed by atoms with Crippen LogP contribution >= 0.6 is 0 Å². The Morgan fingerprint density at radius 2 is 2.05 bits per heavy atom. The highest BCUT2D eigenvalue weighted by atomic mass is 16.2. The molecule has 0 saturated carbocycles. The van der Waals surface area contributed by atoms with Crippen LogP contribution in [0.25, 0.3) is 11.0 Å². The average molecular weight is 268 g/mol. The van der Waals surface area contributed by atoms with Crippen LogP contribution in [0.2, 0.25) is 0 Å². The Labute approximate surface area is 114 Å². The molecule has 2 heterocycles. The molecule has 3 N–H and O–H groups in total. The zero-order chi connectivity index (χ0) is 13.9. The molecule has 0 atom stereocenters. The normalized spacial score (nSPS) is 10.7. The molecular formula is C13H12N6O. The largest absolute Gasteiger partial charge is 0.322 e. The highest BCUT2D eigenvalue weighted by Crippen LogP contribution is 2.22. The van der Waals surface area contributed by atoms with Crippen molar-refractivity contribution in [2.75, 3.05) is 11.4 Å². The Kier molecular flexibility index (Phi) is 3.10. The molecular weight excluding hydrogens is 256 g/mol. The minimum Gasteiger partial charge on any atom is -0.322 e. The van der Waals surface area contributed by atoms with Crippen LogP contribution in [0.4, 0.5) is 11.6 Å². The van der Waals surface area contributed by atoms with Crippen molar-refractivity contribution in [2.24, 2.45) is 5.73 Å². The average Bonchev–Trinajstić information content (AvgIpc) is 2.96. The maximum atomic E-state index is 12.1. The van der Waals surface area contributed by atoms with Gasteiger partial charge < -0.3 is 5.73 Å². The molecule has 0 bridgehead atoms. The summed E-state index contributed by atoms with van der Waals surface area (Å²) >= 11 is 0. The van der Waals surface area contributed by atoms with Gasteiger partial charge in [0.1, 0.15) is 0 Å². The van der Waals surface area contributed by atoms with Gasteiger partial charge in [-0.1, -0.05) is 18.2 Å². The third-order valence-corrected chi connectivity index (χ3v) is 2.82. The molecule has 2 aromatic heterocycles. The molecule has 1 amide bonds. The van der Waals surface area contributed by atoms with Crippen LogP contribution in [-0.4, -0.2) is 32.6 Å². The molecule has 0 aliphatic heterocycles. The summed E-state index contributed by atoms with van der Waals surface area (Å²) in [5.74, 6) is -0.0153. The molecule has 0 fully saturated rings. The number of aromatic nitrogens is 4. The van der Waals surface area contributed by atoms with Crippen LogP contribution in [0.1, 0.15) is 0 Å². The van der Waals surface area contributed by atoms with Gasteiger partial charge in [-0.15, -0.1) is 0 Å². The van der Waals surface area contributed by atoms with Crippen LogP contribution in [0.3, 0.4) is 0 Å². The number of aromatic amines is 1. The number of rotatable bonds is 3. The third-order valence-electron chi connectivity index (χ3n) is 2.82. The van der Waals surface area contributed by atoms with Gasteiger partial charge in [-0.05, 0) is 12.1 Å². The Balaban J connectivity index is 2.11. The molecule has 100 valence electrons. The smallest absolute Gasteiger partial charge is 0.247 e. The first kappa shape index (κ1) is 12.2. The standard InChI is InChI=1S/C13H12N6O/c14-6-11(20)19(10-4-2-1-3-5-10)13-15-7-9-8-16-18-12(9)17-13/h1-5,7-8H,6,14H2,(H,15,16,17,18). The SMILES string of the molecule is NCC(=O)N(c1ccccc1)c1ncc2cn[nH]c2n1. The van der Waals surface area contributed by atoms with Crippen LogP contribution < -0.4 is 10.6 Å². The number of nitrogens with one attached hydrogen (secondary N) is 1. The third kappa shape index (κ3) is 2.10. The van der Waals surface area contributed by atoms with E-state index < -0.39 is 0 Å². The number of hydrogen-bond acceptors (Lipinski definition) is 5. The van der Waals surface area contributed by atoms with E-state index in [-0.39, 0.29) is 18.4 Å². The first-order valence-corrected chi connectivity index (χ1v) is 6.04. The highest BCUT2D eigenvalue weighted by Gasteiger charge is 2.19. The first-order valence-electron chi connectivity index (χ1n) is 6.04. The summed E-state index contributed by atoms with van der Waals surface area (Å²) in [5, 5.41) is 7.42. The topological polar surface area (TPSA) is 101 Å². The molecule has 0 unspecified atom stereocenters. The summed E-state index contributed by atoms with van der Waals surface area (Å²) in [5.41, 5.74) is 6.71. The van der Waals surface area contributed by atoms with Crippen LogP contribution in [0, 0.1) is 0 Å². The van der Waals surface area contributed by atoms with E-state index in [0.29, 0.717) is 11.3 Å². The van der Waals surface area contributed by atoms with E-state index in [9.17, 15) is 4.79 Å². The minimum absolute atomic E-state index is 0.126. The molecule has 1 aromatic carbocycles. The summed E-state index contributed by atoms with van der Waals surface area (Å²) in [6.07, 6.45) is 3.23. The van der Waals surface area contributed by atoms with Gasteiger partial charge in [0.25, 0.3) is 0 Å². The predicted molar refractivity (Wildman–Crippen MR) is 74.3 cm³/mol. The van der Waals surface area contributed by atoms with Crippen molar-refractivity contribution in [1.29, 1.82) is 0 Å². The summed E-state index contributed by atoms with van der Waals surface area (Å²) in [6.45, 7) is -0.126. The highest BCUT2D eigenvalue weighted by molar-refractivity contribution is 6.00. The van der Waals surface area contributed by atoms with Crippen molar-refractivity contribution >= 4 is 28.6 Å². The predicted octanol–water partition coefficient (Wildman–Crippen LogP) is 0.976. The van der Waals surface area contributed by atoms with Crippen molar-refractivity contribution in [3.63, 3.8) is 0 Å². The van der Waals surface area contributed by atoms with Gasteiger partial charge in [-0.2, -0.15) is 10.1 Å². The molecule has 0 saturated heterocycles. The van der Waals surface area contributed by atoms with E-state index in [1.54, 1.807) is 24.5 Å². The van der Waals surface area contributed by atoms with Crippen molar-refractivity contribution in [1.82, 2.24) is 20.2 Å². The molecule has 20 heavy (non-hydrogen) atoms. The second-order valence-corrected chi connectivity index (χ2v) is 4.11. The lowest BCUT2D eigenvalue weighted by Gasteiger charge is -2.19. The van der Waals surface area contributed by atoms with E-state index in [1.807, 2.05) is 18.2 Å². The maximum Gasteiger partial charge on any atom is 0.247 e. The van der Waals surface area contributed by atoms with Crippen molar-refractivity contribution in [2.45, 2.75) is 0 Å². The molecule has 0 spiro atoms. The molecule has 0 aliphatic carbocycles. The van der Waals surface area contributed by atoms with E-state index in [2.05, 4.69) is 20.2 Å². The molecule has 7 heteroatoms. The zero-order valence-electron chi connectivity index (χ0n) is 10.5. The van der Waals surface area contributed by atoms with E-state index in [4.69, 9.17) is 5.73 Å². The Bertz CT molecular complexity index is 739. The number of carbonyl (C=O) groups is 1. The Morgan fingerprint density at radius 1 is 1.25 bits per heavy atom. The number of anilines is 2. The van der Waals surface area contributed by atoms with Gasteiger partial charge in [0.05, 0.1) is 23.8 Å². The van der Waals surface area contributed by atoms with Crippen LogP contribution in [-0.2, 0) is 4.79 Å². The van der Waals surface area contributed by atoms with Crippen molar-refractivity contribution < 1.29 is 4.79 Å². The van der Waals surface area contributed by atoms with Crippen molar-refractivity contribution in [3.8, 4) is 0 Å². The number of fused-ring (bicyclic) bond motifs is 1. The molecule has 0 aliphatic rings. The first-order chi connectivity index (χ1) is 9.79. The number of H-pyrrole nitrogens is 1. The lowest BCUT2D eigenvalue weighted by molar-refractivity contribution is -0.116. The minimum atomic E-state index is -0.282. The number of benzene rings is 1. The van der Waals surface area contributed by atoms with E-state index >= 15 is 0 Å². The number of nitrogens with two attached hydrogens (primary N) is 1. The van der Waals surface area contributed by atoms with Gasteiger partial charge in [0.15, 0.2) is 5.65 Å². The molecule has 0 radical (unpaired) electrons. The lowest BCUT2D eigenvalue weighted by Crippen LogP contribution is -2.33. The van der Waals surface area contributed by atoms with Gasteiger partial charge >= 0.3 is 0 Å². The lowest BCUT2D eigenvalue weighted by atomic mass is 10.3. The molecule has 7 nitrogen and oxygen atoms in total. The number of amides is 1. The quantitative estimate of drug-likeness (QED) is 0.737. The summed E-state index contributed by atoms with van der Waals surface area (Å²) < 4.78 is 0. The monoisotopic (exact) mass is 268 g/mol. The van der Waals surface area contributed by atoms with Crippen molar-refractivity contribution in [3.05, 3.63) is 42.7 Å². The molecule has 3 rings (SSSR count). The van der Waals surface area contributed by atoms with E-state index in [0.717, 1.165) is 5.39 Å². The fraction of sp³-hybridized carbons (Fsp3) is 0.0769. The second-order valence-electron chi connectivity index (χ2n) is 4.11.